The molecule has 0 unspecified atom stereocenters. The maximum Gasteiger partial charge on any atom is 0.265 e. The first-order valence-corrected chi connectivity index (χ1v) is 8.70. The first-order chi connectivity index (χ1) is 9.29. The third-order valence-corrected chi connectivity index (χ3v) is 5.40. The molecule has 2 aromatic heterocycles. The Labute approximate surface area is 138 Å². The van der Waals surface area contributed by atoms with Gasteiger partial charge in [-0.15, -0.1) is 0 Å². The molecular formula is C11H8Br2ClN3O2S. The van der Waals surface area contributed by atoms with Crippen LogP contribution in [0.3, 0.4) is 0 Å². The number of pyridine rings is 2. The molecule has 0 saturated carbocycles. The lowest BCUT2D eigenvalue weighted by molar-refractivity contribution is 0.601. The maximum atomic E-state index is 12.3. The highest BCUT2D eigenvalue weighted by atomic mass is 79.9. The quantitative estimate of drug-likeness (QED) is 0.736. The lowest BCUT2D eigenvalue weighted by Crippen LogP contribution is -2.14. The molecule has 0 atom stereocenters. The molecule has 2 rings (SSSR count). The molecule has 1 N–H and O–H groups in total. The minimum atomic E-state index is -3.83. The Bertz CT molecular complexity index is 768. The summed E-state index contributed by atoms with van der Waals surface area (Å²) in [5.74, 6) is 0. The van der Waals surface area contributed by atoms with Gasteiger partial charge < -0.3 is 0 Å². The van der Waals surface area contributed by atoms with Crippen molar-refractivity contribution in [1.29, 1.82) is 0 Å². The van der Waals surface area contributed by atoms with Crippen molar-refractivity contribution in [3.8, 4) is 0 Å². The van der Waals surface area contributed by atoms with E-state index in [9.17, 15) is 8.42 Å². The predicted molar refractivity (Wildman–Crippen MR) is 84.4 cm³/mol. The molecule has 0 radical (unpaired) electrons. The molecule has 0 aliphatic carbocycles. The second kappa shape index (κ2) is 5.97. The Morgan fingerprint density at radius 3 is 2.55 bits per heavy atom. The summed E-state index contributed by atoms with van der Waals surface area (Å²) in [7, 11) is -3.83. The summed E-state index contributed by atoms with van der Waals surface area (Å²) in [6.07, 6.45) is 2.83. The molecule has 20 heavy (non-hydrogen) atoms. The molecule has 106 valence electrons. The van der Waals surface area contributed by atoms with Crippen LogP contribution in [0.1, 0.15) is 5.56 Å². The van der Waals surface area contributed by atoms with Gasteiger partial charge in [0.1, 0.15) is 14.7 Å². The molecule has 0 spiro atoms. The highest BCUT2D eigenvalue weighted by molar-refractivity contribution is 9.10. The largest absolute Gasteiger partial charge is 0.278 e. The fourth-order valence-corrected chi connectivity index (χ4v) is 3.61. The van der Waals surface area contributed by atoms with Crippen molar-refractivity contribution >= 4 is 59.2 Å². The van der Waals surface area contributed by atoms with Gasteiger partial charge in [-0.2, -0.15) is 0 Å². The van der Waals surface area contributed by atoms with Crippen molar-refractivity contribution in [2.75, 3.05) is 4.72 Å². The van der Waals surface area contributed by atoms with E-state index < -0.39 is 10.0 Å². The van der Waals surface area contributed by atoms with E-state index in [1.54, 1.807) is 6.07 Å². The first kappa shape index (κ1) is 15.7. The van der Waals surface area contributed by atoms with Crippen molar-refractivity contribution in [1.82, 2.24) is 9.97 Å². The highest BCUT2D eigenvalue weighted by Crippen LogP contribution is 2.25. The van der Waals surface area contributed by atoms with Gasteiger partial charge in [0.25, 0.3) is 10.0 Å². The molecule has 5 nitrogen and oxygen atoms in total. The molecule has 2 aromatic rings. The van der Waals surface area contributed by atoms with Gasteiger partial charge in [-0.25, -0.2) is 18.4 Å². The monoisotopic (exact) mass is 439 g/mol. The van der Waals surface area contributed by atoms with E-state index in [0.717, 1.165) is 5.56 Å². The van der Waals surface area contributed by atoms with Gasteiger partial charge in [-0.3, -0.25) is 4.72 Å². The molecule has 0 aliphatic heterocycles. The molecule has 0 fully saturated rings. The van der Waals surface area contributed by atoms with E-state index in [0.29, 0.717) is 14.8 Å². The second-order valence-corrected chi connectivity index (χ2v) is 7.56. The minimum absolute atomic E-state index is 0.0949. The molecule has 0 amide bonds. The molecule has 0 aliphatic rings. The normalized spacial score (nSPS) is 11.4. The molecule has 9 heteroatoms. The van der Waals surface area contributed by atoms with Crippen molar-refractivity contribution in [3.63, 3.8) is 0 Å². The second-order valence-electron chi connectivity index (χ2n) is 3.88. The van der Waals surface area contributed by atoms with E-state index in [1.807, 2.05) is 6.92 Å². The number of aryl methyl sites for hydroxylation is 1. The van der Waals surface area contributed by atoms with Crippen LogP contribution < -0.4 is 4.72 Å². The summed E-state index contributed by atoms with van der Waals surface area (Å²) < 4.78 is 28.1. The van der Waals surface area contributed by atoms with Crippen LogP contribution in [-0.2, 0) is 10.0 Å². The third-order valence-electron chi connectivity index (χ3n) is 2.33. The lowest BCUT2D eigenvalue weighted by Gasteiger charge is -2.10. The van der Waals surface area contributed by atoms with Crippen LogP contribution in [0.5, 0.6) is 0 Å². The number of hydrogen-bond acceptors (Lipinski definition) is 4. The van der Waals surface area contributed by atoms with Gasteiger partial charge in [0, 0.05) is 10.7 Å². The number of sulfonamides is 1. The molecular weight excluding hydrogens is 433 g/mol. The zero-order valence-electron chi connectivity index (χ0n) is 10.1. The SMILES string of the molecule is Cc1cc(NS(=O)(=O)c2cc(Br)cnc2Cl)cnc1Br. The van der Waals surface area contributed by atoms with E-state index >= 15 is 0 Å². The summed E-state index contributed by atoms with van der Waals surface area (Å²) in [6, 6.07) is 3.05. The van der Waals surface area contributed by atoms with Gasteiger partial charge >= 0.3 is 0 Å². The van der Waals surface area contributed by atoms with Crippen LogP contribution in [0.2, 0.25) is 5.15 Å². The Morgan fingerprint density at radius 2 is 1.90 bits per heavy atom. The summed E-state index contributed by atoms with van der Waals surface area (Å²) in [5.41, 5.74) is 1.16. The van der Waals surface area contributed by atoms with Crippen LogP contribution in [0, 0.1) is 6.92 Å². The van der Waals surface area contributed by atoms with Crippen LogP contribution in [0.25, 0.3) is 0 Å². The van der Waals surface area contributed by atoms with Crippen LogP contribution >= 0.6 is 43.5 Å². The highest BCUT2D eigenvalue weighted by Gasteiger charge is 2.20. The number of hydrogen-bond donors (Lipinski definition) is 1. The van der Waals surface area contributed by atoms with Crippen molar-refractivity contribution < 1.29 is 8.42 Å². The molecule has 2 heterocycles. The van der Waals surface area contributed by atoms with E-state index in [1.165, 1.54) is 18.5 Å². The van der Waals surface area contributed by atoms with Crippen molar-refractivity contribution in [2.24, 2.45) is 0 Å². The Kier molecular flexibility index (Phi) is 4.68. The smallest absolute Gasteiger partial charge is 0.265 e. The van der Waals surface area contributed by atoms with Crippen molar-refractivity contribution in [2.45, 2.75) is 11.8 Å². The fourth-order valence-electron chi connectivity index (χ4n) is 1.42. The van der Waals surface area contributed by atoms with E-state index in [4.69, 9.17) is 11.6 Å². The third kappa shape index (κ3) is 3.49. The van der Waals surface area contributed by atoms with Gasteiger partial charge in [-0.1, -0.05) is 11.6 Å². The van der Waals surface area contributed by atoms with Crippen LogP contribution in [-0.4, -0.2) is 18.4 Å². The van der Waals surface area contributed by atoms with E-state index in [2.05, 4.69) is 46.5 Å². The fraction of sp³-hybridized carbons (Fsp3) is 0.0909. The number of rotatable bonds is 3. The van der Waals surface area contributed by atoms with Crippen LogP contribution in [0.4, 0.5) is 5.69 Å². The average molecular weight is 442 g/mol. The van der Waals surface area contributed by atoms with E-state index in [-0.39, 0.29) is 10.0 Å². The summed E-state index contributed by atoms with van der Waals surface area (Å²) in [6.45, 7) is 1.81. The van der Waals surface area contributed by atoms with Gasteiger partial charge in [-0.05, 0) is 56.5 Å². The zero-order chi connectivity index (χ0) is 14.9. The predicted octanol–water partition coefficient (Wildman–Crippen LogP) is 3.76. The number of aromatic nitrogens is 2. The molecule has 0 aromatic carbocycles. The molecule has 0 bridgehead atoms. The van der Waals surface area contributed by atoms with Gasteiger partial charge in [0.15, 0.2) is 0 Å². The summed E-state index contributed by atoms with van der Waals surface area (Å²) >= 11 is 12.2. The Morgan fingerprint density at radius 1 is 1.20 bits per heavy atom. The summed E-state index contributed by atoms with van der Waals surface area (Å²) in [4.78, 5) is 7.72. The van der Waals surface area contributed by atoms with Gasteiger partial charge in [0.05, 0.1) is 11.9 Å². The lowest BCUT2D eigenvalue weighted by atomic mass is 10.3. The number of nitrogens with one attached hydrogen (secondary N) is 1. The number of anilines is 1. The first-order valence-electron chi connectivity index (χ1n) is 5.25. The molecule has 0 saturated heterocycles. The number of halogens is 3. The Hall–Kier alpha value is -0.700. The Balaban J connectivity index is 2.40. The topological polar surface area (TPSA) is 72.0 Å². The summed E-state index contributed by atoms with van der Waals surface area (Å²) in [5, 5.41) is -0.0949. The number of nitrogens with zero attached hydrogens (tertiary/aromatic N) is 2. The van der Waals surface area contributed by atoms with Gasteiger partial charge in [0.2, 0.25) is 0 Å². The minimum Gasteiger partial charge on any atom is -0.278 e. The van der Waals surface area contributed by atoms with Crippen molar-refractivity contribution in [3.05, 3.63) is 44.3 Å². The van der Waals surface area contributed by atoms with Crippen LogP contribution in [0.15, 0.2) is 38.5 Å². The average Bonchev–Trinajstić information content (AvgIpc) is 2.36. The zero-order valence-corrected chi connectivity index (χ0v) is 14.8. The maximum absolute atomic E-state index is 12.3. The standard InChI is InChI=1S/C11H8Br2ClN3O2S/c1-6-2-8(5-15-10(6)13)17-20(18,19)9-3-7(12)4-16-11(9)14/h2-5,17H,1H3.